The SMILES string of the molecule is O=c1c(N2CCCCC2)ccnn1CC1CCN(Cc2ccccc2)CC1. The molecule has 0 bridgehead atoms. The Kier molecular flexibility index (Phi) is 5.87. The molecule has 5 heteroatoms. The number of benzene rings is 1. The molecule has 2 saturated heterocycles. The van der Waals surface area contributed by atoms with Crippen molar-refractivity contribution in [2.75, 3.05) is 31.1 Å². The molecule has 5 nitrogen and oxygen atoms in total. The molecule has 0 unspecified atom stereocenters. The predicted molar refractivity (Wildman–Crippen MR) is 109 cm³/mol. The number of hydrogen-bond acceptors (Lipinski definition) is 4. The van der Waals surface area contributed by atoms with Crippen LogP contribution in [0, 0.1) is 5.92 Å². The fourth-order valence-corrected chi connectivity index (χ4v) is 4.36. The lowest BCUT2D eigenvalue weighted by Gasteiger charge is -2.32. The standard InChI is InChI=1S/C22H30N4O/c27-22-21(25-13-5-2-6-14-25)9-12-23-26(22)18-20-10-15-24(16-11-20)17-19-7-3-1-4-8-19/h1,3-4,7-9,12,20H,2,5-6,10-11,13-18H2. The highest BCUT2D eigenvalue weighted by atomic mass is 16.1. The molecule has 2 aliphatic heterocycles. The summed E-state index contributed by atoms with van der Waals surface area (Å²) < 4.78 is 1.71. The number of piperidine rings is 2. The van der Waals surface area contributed by atoms with Crippen LogP contribution in [0.2, 0.25) is 0 Å². The predicted octanol–water partition coefficient (Wildman–Crippen LogP) is 3.15. The molecular formula is C22H30N4O. The summed E-state index contributed by atoms with van der Waals surface area (Å²) in [6, 6.07) is 12.6. The van der Waals surface area contributed by atoms with Crippen molar-refractivity contribution in [3.63, 3.8) is 0 Å². The van der Waals surface area contributed by atoms with Gasteiger partial charge >= 0.3 is 0 Å². The highest BCUT2D eigenvalue weighted by Gasteiger charge is 2.22. The van der Waals surface area contributed by atoms with Crippen LogP contribution in [-0.2, 0) is 13.1 Å². The minimum atomic E-state index is 0.0890. The highest BCUT2D eigenvalue weighted by molar-refractivity contribution is 5.43. The van der Waals surface area contributed by atoms with E-state index in [9.17, 15) is 4.79 Å². The molecule has 0 amide bonds. The molecule has 0 radical (unpaired) electrons. The van der Waals surface area contributed by atoms with Gasteiger partial charge in [-0.2, -0.15) is 5.10 Å². The Balaban J connectivity index is 1.34. The topological polar surface area (TPSA) is 41.4 Å². The lowest BCUT2D eigenvalue weighted by Crippen LogP contribution is -2.39. The van der Waals surface area contributed by atoms with Gasteiger partial charge in [0.25, 0.3) is 5.56 Å². The number of nitrogens with zero attached hydrogens (tertiary/aromatic N) is 4. The van der Waals surface area contributed by atoms with Gasteiger partial charge in [-0.25, -0.2) is 4.68 Å². The van der Waals surface area contributed by atoms with Gasteiger partial charge in [-0.15, -0.1) is 0 Å². The summed E-state index contributed by atoms with van der Waals surface area (Å²) in [6.45, 7) is 5.96. The van der Waals surface area contributed by atoms with Crippen LogP contribution in [0.4, 0.5) is 5.69 Å². The Morgan fingerprint density at radius 2 is 1.67 bits per heavy atom. The molecule has 2 fully saturated rings. The molecule has 4 rings (SSSR count). The minimum Gasteiger partial charge on any atom is -0.367 e. The number of aromatic nitrogens is 2. The van der Waals surface area contributed by atoms with Crippen LogP contribution in [0.15, 0.2) is 47.4 Å². The lowest BCUT2D eigenvalue weighted by molar-refractivity contribution is 0.163. The van der Waals surface area contributed by atoms with Gasteiger partial charge in [-0.05, 0) is 62.7 Å². The minimum absolute atomic E-state index is 0.0890. The second-order valence-corrected chi connectivity index (χ2v) is 7.96. The first-order valence-electron chi connectivity index (χ1n) is 10.4. The molecule has 0 aliphatic carbocycles. The number of likely N-dealkylation sites (tertiary alicyclic amines) is 1. The smallest absolute Gasteiger partial charge is 0.290 e. The average Bonchev–Trinajstić information content (AvgIpc) is 2.72. The van der Waals surface area contributed by atoms with Gasteiger partial charge in [-0.1, -0.05) is 30.3 Å². The van der Waals surface area contributed by atoms with Crippen LogP contribution in [0.5, 0.6) is 0 Å². The number of hydrogen-bond donors (Lipinski definition) is 0. The van der Waals surface area contributed by atoms with E-state index in [1.54, 1.807) is 10.9 Å². The summed E-state index contributed by atoms with van der Waals surface area (Å²) in [5.41, 5.74) is 2.31. The summed E-state index contributed by atoms with van der Waals surface area (Å²) >= 11 is 0. The molecule has 0 saturated carbocycles. The van der Waals surface area contributed by atoms with Crippen molar-refractivity contribution in [2.45, 2.75) is 45.2 Å². The second kappa shape index (κ2) is 8.70. The summed E-state index contributed by atoms with van der Waals surface area (Å²) in [6.07, 6.45) is 7.71. The second-order valence-electron chi connectivity index (χ2n) is 7.96. The van der Waals surface area contributed by atoms with Crippen molar-refractivity contribution in [1.29, 1.82) is 0 Å². The molecule has 0 spiro atoms. The van der Waals surface area contributed by atoms with Crippen LogP contribution < -0.4 is 10.5 Å². The van der Waals surface area contributed by atoms with Gasteiger partial charge in [-0.3, -0.25) is 9.69 Å². The van der Waals surface area contributed by atoms with Crippen molar-refractivity contribution in [3.05, 3.63) is 58.5 Å². The maximum absolute atomic E-state index is 12.9. The largest absolute Gasteiger partial charge is 0.367 e. The van der Waals surface area contributed by atoms with Crippen LogP contribution in [0.1, 0.15) is 37.7 Å². The average molecular weight is 367 g/mol. The molecule has 0 atom stereocenters. The van der Waals surface area contributed by atoms with E-state index in [0.29, 0.717) is 5.92 Å². The van der Waals surface area contributed by atoms with Crippen LogP contribution in [0.25, 0.3) is 0 Å². The Labute approximate surface area is 161 Å². The lowest BCUT2D eigenvalue weighted by atomic mass is 9.96. The van der Waals surface area contributed by atoms with Crippen molar-refractivity contribution >= 4 is 5.69 Å². The van der Waals surface area contributed by atoms with E-state index in [2.05, 4.69) is 45.2 Å². The molecule has 1 aromatic carbocycles. The first kappa shape index (κ1) is 18.2. The fraction of sp³-hybridized carbons (Fsp3) is 0.545. The number of anilines is 1. The Hall–Kier alpha value is -2.14. The van der Waals surface area contributed by atoms with Gasteiger partial charge in [0.1, 0.15) is 5.69 Å². The summed E-state index contributed by atoms with van der Waals surface area (Å²) in [4.78, 5) is 17.7. The third kappa shape index (κ3) is 4.59. The van der Waals surface area contributed by atoms with Gasteiger partial charge in [0, 0.05) is 32.4 Å². The fourth-order valence-electron chi connectivity index (χ4n) is 4.36. The van der Waals surface area contributed by atoms with E-state index in [1.165, 1.54) is 24.8 Å². The van der Waals surface area contributed by atoms with Gasteiger partial charge in [0.2, 0.25) is 0 Å². The van der Waals surface area contributed by atoms with E-state index < -0.39 is 0 Å². The first-order valence-corrected chi connectivity index (χ1v) is 10.4. The maximum Gasteiger partial charge on any atom is 0.290 e. The van der Waals surface area contributed by atoms with Gasteiger partial charge in [0.05, 0.1) is 0 Å². The Morgan fingerprint density at radius 3 is 2.41 bits per heavy atom. The van der Waals surface area contributed by atoms with Crippen LogP contribution >= 0.6 is 0 Å². The van der Waals surface area contributed by atoms with Crippen molar-refractivity contribution in [3.8, 4) is 0 Å². The maximum atomic E-state index is 12.9. The molecule has 1 aromatic heterocycles. The van der Waals surface area contributed by atoms with E-state index in [-0.39, 0.29) is 5.56 Å². The van der Waals surface area contributed by atoms with E-state index in [4.69, 9.17) is 0 Å². The van der Waals surface area contributed by atoms with Crippen molar-refractivity contribution < 1.29 is 0 Å². The Morgan fingerprint density at radius 1 is 0.926 bits per heavy atom. The van der Waals surface area contributed by atoms with Crippen molar-refractivity contribution in [2.24, 2.45) is 5.92 Å². The molecule has 27 heavy (non-hydrogen) atoms. The zero-order chi connectivity index (χ0) is 18.5. The molecular weight excluding hydrogens is 336 g/mol. The van der Waals surface area contributed by atoms with Crippen molar-refractivity contribution in [1.82, 2.24) is 14.7 Å². The van der Waals surface area contributed by atoms with Gasteiger partial charge in [0.15, 0.2) is 0 Å². The molecule has 2 aliphatic rings. The highest BCUT2D eigenvalue weighted by Crippen LogP contribution is 2.21. The summed E-state index contributed by atoms with van der Waals surface area (Å²) in [5.74, 6) is 0.541. The summed E-state index contributed by atoms with van der Waals surface area (Å²) in [5, 5.41) is 4.38. The van der Waals surface area contributed by atoms with Gasteiger partial charge < -0.3 is 4.90 Å². The molecule has 144 valence electrons. The van der Waals surface area contributed by atoms with E-state index in [1.807, 2.05) is 6.07 Å². The van der Waals surface area contributed by atoms with E-state index in [0.717, 1.165) is 57.8 Å². The third-order valence-corrected chi connectivity index (χ3v) is 5.98. The van der Waals surface area contributed by atoms with E-state index >= 15 is 0 Å². The third-order valence-electron chi connectivity index (χ3n) is 5.98. The monoisotopic (exact) mass is 366 g/mol. The normalized spacial score (nSPS) is 19.3. The molecule has 0 N–H and O–H groups in total. The molecule has 3 heterocycles. The zero-order valence-electron chi connectivity index (χ0n) is 16.1. The number of rotatable bonds is 5. The van der Waals surface area contributed by atoms with Crippen LogP contribution in [-0.4, -0.2) is 40.9 Å². The molecule has 2 aromatic rings. The van der Waals surface area contributed by atoms with Crippen LogP contribution in [0.3, 0.4) is 0 Å². The zero-order valence-corrected chi connectivity index (χ0v) is 16.1. The Bertz CT molecular complexity index is 774. The first-order chi connectivity index (χ1) is 13.3. The quantitative estimate of drug-likeness (QED) is 0.815. The summed E-state index contributed by atoms with van der Waals surface area (Å²) in [7, 11) is 0.